The van der Waals surface area contributed by atoms with E-state index in [4.69, 9.17) is 0 Å². The van der Waals surface area contributed by atoms with Crippen LogP contribution in [0.15, 0.2) is 0 Å². The second kappa shape index (κ2) is 3.78. The summed E-state index contributed by atoms with van der Waals surface area (Å²) in [5.41, 5.74) is 0.453. The first-order valence-corrected chi connectivity index (χ1v) is 5.23. The zero-order valence-corrected chi connectivity index (χ0v) is 8.98. The van der Waals surface area contributed by atoms with Crippen molar-refractivity contribution in [2.45, 2.75) is 40.5 Å². The summed E-state index contributed by atoms with van der Waals surface area (Å²) in [5, 5.41) is 3.57. The van der Waals surface area contributed by atoms with Crippen molar-refractivity contribution >= 4 is 0 Å². The van der Waals surface area contributed by atoms with E-state index < -0.39 is 0 Å². The summed E-state index contributed by atoms with van der Waals surface area (Å²) in [7, 11) is 0. The SMILES string of the molecule is CC(C)C(C)(C)CNCC1CC1. The molecule has 0 aromatic heterocycles. The van der Waals surface area contributed by atoms with Crippen molar-refractivity contribution in [1.82, 2.24) is 5.32 Å². The second-order valence-corrected chi connectivity index (χ2v) is 5.22. The Labute approximate surface area is 76.9 Å². The number of rotatable bonds is 5. The molecule has 0 aromatic rings. The van der Waals surface area contributed by atoms with Gasteiger partial charge in [-0.1, -0.05) is 27.7 Å². The topological polar surface area (TPSA) is 12.0 Å². The summed E-state index contributed by atoms with van der Waals surface area (Å²) in [6, 6.07) is 0. The lowest BCUT2D eigenvalue weighted by Crippen LogP contribution is -2.34. The predicted octanol–water partition coefficient (Wildman–Crippen LogP) is 2.67. The standard InChI is InChI=1S/C11H23N/c1-9(2)11(3,4)8-12-7-10-5-6-10/h9-10,12H,5-8H2,1-4H3. The molecule has 0 aliphatic heterocycles. The fourth-order valence-corrected chi connectivity index (χ4v) is 1.12. The van der Waals surface area contributed by atoms with Gasteiger partial charge in [0.1, 0.15) is 0 Å². The van der Waals surface area contributed by atoms with Crippen molar-refractivity contribution in [2.75, 3.05) is 13.1 Å². The lowest BCUT2D eigenvalue weighted by Gasteiger charge is -2.29. The van der Waals surface area contributed by atoms with Gasteiger partial charge in [-0.2, -0.15) is 0 Å². The van der Waals surface area contributed by atoms with E-state index in [9.17, 15) is 0 Å². The Morgan fingerprint density at radius 1 is 1.33 bits per heavy atom. The molecule has 0 saturated heterocycles. The molecule has 0 aromatic carbocycles. The molecule has 1 aliphatic rings. The minimum atomic E-state index is 0.453. The minimum Gasteiger partial charge on any atom is -0.316 e. The molecule has 1 rings (SSSR count). The Bertz CT molecular complexity index is 134. The smallest absolute Gasteiger partial charge is 0.000508 e. The molecule has 1 saturated carbocycles. The second-order valence-electron chi connectivity index (χ2n) is 5.22. The summed E-state index contributed by atoms with van der Waals surface area (Å²) < 4.78 is 0. The monoisotopic (exact) mass is 169 g/mol. The molecule has 1 nitrogen and oxygen atoms in total. The van der Waals surface area contributed by atoms with Crippen LogP contribution in [-0.4, -0.2) is 13.1 Å². The average molecular weight is 169 g/mol. The molecule has 0 unspecified atom stereocenters. The summed E-state index contributed by atoms with van der Waals surface area (Å²) in [6.07, 6.45) is 2.91. The van der Waals surface area contributed by atoms with E-state index in [1.54, 1.807) is 0 Å². The first-order chi connectivity index (χ1) is 5.52. The highest BCUT2D eigenvalue weighted by Gasteiger charge is 2.24. The van der Waals surface area contributed by atoms with Crippen LogP contribution in [0.3, 0.4) is 0 Å². The first kappa shape index (κ1) is 10.0. The van der Waals surface area contributed by atoms with E-state index in [0.717, 1.165) is 11.8 Å². The van der Waals surface area contributed by atoms with E-state index in [1.165, 1.54) is 25.9 Å². The van der Waals surface area contributed by atoms with Crippen molar-refractivity contribution < 1.29 is 0 Å². The van der Waals surface area contributed by atoms with Crippen molar-refractivity contribution in [3.63, 3.8) is 0 Å². The van der Waals surface area contributed by atoms with E-state index in [1.807, 2.05) is 0 Å². The van der Waals surface area contributed by atoms with E-state index >= 15 is 0 Å². The minimum absolute atomic E-state index is 0.453. The van der Waals surface area contributed by atoms with Gasteiger partial charge in [-0.3, -0.25) is 0 Å². The van der Waals surface area contributed by atoms with Crippen LogP contribution in [0.1, 0.15) is 40.5 Å². The molecule has 0 bridgehead atoms. The van der Waals surface area contributed by atoms with Gasteiger partial charge in [-0.15, -0.1) is 0 Å². The summed E-state index contributed by atoms with van der Waals surface area (Å²) in [6.45, 7) is 11.7. The third-order valence-electron chi connectivity index (χ3n) is 3.27. The Balaban J connectivity index is 2.10. The third-order valence-corrected chi connectivity index (χ3v) is 3.27. The molecule has 0 heterocycles. The molecule has 0 atom stereocenters. The van der Waals surface area contributed by atoms with Crippen LogP contribution in [0.5, 0.6) is 0 Å². The van der Waals surface area contributed by atoms with Gasteiger partial charge in [0.15, 0.2) is 0 Å². The maximum Gasteiger partial charge on any atom is 0.000508 e. The predicted molar refractivity (Wildman–Crippen MR) is 54.2 cm³/mol. The Morgan fingerprint density at radius 3 is 2.33 bits per heavy atom. The van der Waals surface area contributed by atoms with E-state index in [0.29, 0.717) is 5.41 Å². The van der Waals surface area contributed by atoms with Crippen LogP contribution < -0.4 is 5.32 Å². The van der Waals surface area contributed by atoms with Crippen LogP contribution in [0.4, 0.5) is 0 Å². The van der Waals surface area contributed by atoms with Crippen LogP contribution in [0.2, 0.25) is 0 Å². The fraction of sp³-hybridized carbons (Fsp3) is 1.00. The Kier molecular flexibility index (Phi) is 3.16. The van der Waals surface area contributed by atoms with Gasteiger partial charge in [-0.25, -0.2) is 0 Å². The van der Waals surface area contributed by atoms with Crippen LogP contribution in [0, 0.1) is 17.3 Å². The van der Waals surface area contributed by atoms with E-state index in [2.05, 4.69) is 33.0 Å². The molecular weight excluding hydrogens is 146 g/mol. The highest BCUT2D eigenvalue weighted by atomic mass is 14.9. The van der Waals surface area contributed by atoms with Crippen molar-refractivity contribution in [2.24, 2.45) is 17.3 Å². The van der Waals surface area contributed by atoms with Gasteiger partial charge in [0, 0.05) is 6.54 Å². The molecule has 0 amide bonds. The lowest BCUT2D eigenvalue weighted by molar-refractivity contribution is 0.237. The maximum absolute atomic E-state index is 3.57. The molecule has 0 spiro atoms. The van der Waals surface area contributed by atoms with Crippen molar-refractivity contribution in [1.29, 1.82) is 0 Å². The van der Waals surface area contributed by atoms with Gasteiger partial charge in [0.25, 0.3) is 0 Å². The molecule has 1 aliphatic carbocycles. The van der Waals surface area contributed by atoms with Gasteiger partial charge < -0.3 is 5.32 Å². The zero-order chi connectivity index (χ0) is 9.19. The molecule has 1 N–H and O–H groups in total. The largest absolute Gasteiger partial charge is 0.316 e. The zero-order valence-electron chi connectivity index (χ0n) is 8.98. The summed E-state index contributed by atoms with van der Waals surface area (Å²) in [5.74, 6) is 1.78. The molecule has 12 heavy (non-hydrogen) atoms. The highest BCUT2D eigenvalue weighted by molar-refractivity contribution is 4.79. The van der Waals surface area contributed by atoms with Crippen molar-refractivity contribution in [3.05, 3.63) is 0 Å². The summed E-state index contributed by atoms with van der Waals surface area (Å²) >= 11 is 0. The van der Waals surface area contributed by atoms with Crippen LogP contribution in [0.25, 0.3) is 0 Å². The quantitative estimate of drug-likeness (QED) is 0.667. The first-order valence-electron chi connectivity index (χ1n) is 5.23. The Morgan fingerprint density at radius 2 is 1.92 bits per heavy atom. The molecular formula is C11H23N. The van der Waals surface area contributed by atoms with Gasteiger partial charge in [0.2, 0.25) is 0 Å². The van der Waals surface area contributed by atoms with Crippen LogP contribution in [-0.2, 0) is 0 Å². The van der Waals surface area contributed by atoms with Gasteiger partial charge in [-0.05, 0) is 36.6 Å². The molecule has 1 heteroatoms. The number of hydrogen-bond donors (Lipinski definition) is 1. The molecule has 72 valence electrons. The van der Waals surface area contributed by atoms with Crippen LogP contribution >= 0.6 is 0 Å². The molecule has 0 radical (unpaired) electrons. The maximum atomic E-state index is 3.57. The molecule has 1 fully saturated rings. The van der Waals surface area contributed by atoms with E-state index in [-0.39, 0.29) is 0 Å². The third kappa shape index (κ3) is 3.14. The Hall–Kier alpha value is -0.0400. The van der Waals surface area contributed by atoms with Crippen molar-refractivity contribution in [3.8, 4) is 0 Å². The lowest BCUT2D eigenvalue weighted by atomic mass is 9.81. The normalized spacial score (nSPS) is 18.8. The van der Waals surface area contributed by atoms with Gasteiger partial charge in [0.05, 0.1) is 0 Å². The van der Waals surface area contributed by atoms with Gasteiger partial charge >= 0.3 is 0 Å². The highest BCUT2D eigenvalue weighted by Crippen LogP contribution is 2.29. The fourth-order valence-electron chi connectivity index (χ4n) is 1.12. The average Bonchev–Trinajstić information content (AvgIpc) is 2.70. The summed E-state index contributed by atoms with van der Waals surface area (Å²) in [4.78, 5) is 0. The number of hydrogen-bond acceptors (Lipinski definition) is 1. The number of nitrogens with one attached hydrogen (secondary N) is 1.